The van der Waals surface area contributed by atoms with Gasteiger partial charge in [-0.15, -0.1) is 11.8 Å². The van der Waals surface area contributed by atoms with Crippen LogP contribution in [0.25, 0.3) is 0 Å². The van der Waals surface area contributed by atoms with Crippen molar-refractivity contribution in [3.05, 3.63) is 29.3 Å². The highest BCUT2D eigenvalue weighted by Crippen LogP contribution is 2.30. The summed E-state index contributed by atoms with van der Waals surface area (Å²) in [4.78, 5) is 1.49. The molecule has 1 heterocycles. The van der Waals surface area contributed by atoms with E-state index in [0.29, 0.717) is 0 Å². The van der Waals surface area contributed by atoms with Crippen molar-refractivity contribution in [2.75, 3.05) is 11.2 Å². The zero-order valence-corrected chi connectivity index (χ0v) is 10.5. The van der Waals surface area contributed by atoms with Crippen LogP contribution in [0.3, 0.4) is 0 Å². The van der Waals surface area contributed by atoms with Gasteiger partial charge >= 0.3 is 0 Å². The summed E-state index contributed by atoms with van der Waals surface area (Å²) < 4.78 is 0. The van der Waals surface area contributed by atoms with E-state index in [1.807, 2.05) is 11.8 Å². The van der Waals surface area contributed by atoms with Crippen LogP contribution in [0, 0.1) is 0 Å². The number of benzene rings is 1. The van der Waals surface area contributed by atoms with E-state index in [9.17, 15) is 0 Å². The van der Waals surface area contributed by atoms with Gasteiger partial charge in [-0.1, -0.05) is 28.1 Å². The van der Waals surface area contributed by atoms with E-state index in [2.05, 4.69) is 39.4 Å². The topological polar surface area (TPSA) is 12.0 Å². The Morgan fingerprint density at radius 2 is 2.36 bits per heavy atom. The quantitative estimate of drug-likeness (QED) is 0.670. The normalized spacial score (nSPS) is 15.2. The Bertz CT molecular complexity index is 314. The van der Waals surface area contributed by atoms with Crippen LogP contribution in [0.4, 0.5) is 0 Å². The zero-order chi connectivity index (χ0) is 9.80. The Morgan fingerprint density at radius 3 is 3.21 bits per heavy atom. The second-order valence-corrected chi connectivity index (χ2v) is 5.15. The Labute approximate surface area is 97.8 Å². The Kier molecular flexibility index (Phi) is 3.90. The molecule has 0 bridgehead atoms. The van der Waals surface area contributed by atoms with E-state index in [0.717, 1.165) is 12.0 Å². The van der Waals surface area contributed by atoms with Gasteiger partial charge in [-0.3, -0.25) is 0 Å². The van der Waals surface area contributed by atoms with Crippen LogP contribution in [-0.4, -0.2) is 11.2 Å². The molecular formula is C11H14BrNS. The number of rotatable bonds is 3. The first kappa shape index (κ1) is 10.5. The molecule has 3 heteroatoms. The average Bonchev–Trinajstić information content (AvgIpc) is 2.26. The van der Waals surface area contributed by atoms with Gasteiger partial charge in [0, 0.05) is 11.4 Å². The van der Waals surface area contributed by atoms with Crippen molar-refractivity contribution in [1.29, 1.82) is 0 Å². The number of nitrogens with one attached hydrogen (secondary N) is 1. The lowest BCUT2D eigenvalue weighted by atomic mass is 10.1. The lowest BCUT2D eigenvalue weighted by molar-refractivity contribution is 0.794. The minimum absolute atomic E-state index is 0.860. The number of hydrogen-bond acceptors (Lipinski definition) is 2. The van der Waals surface area contributed by atoms with E-state index >= 15 is 0 Å². The fourth-order valence-electron chi connectivity index (χ4n) is 1.72. The van der Waals surface area contributed by atoms with Crippen molar-refractivity contribution >= 4 is 27.7 Å². The molecular weight excluding hydrogens is 258 g/mol. The molecule has 0 radical (unpaired) electrons. The van der Waals surface area contributed by atoms with Crippen molar-refractivity contribution in [1.82, 2.24) is 5.32 Å². The number of fused-ring (bicyclic) bond motifs is 1. The van der Waals surface area contributed by atoms with Gasteiger partial charge in [0.1, 0.15) is 0 Å². The molecule has 1 N–H and O–H groups in total. The molecule has 0 amide bonds. The standard InChI is InChI=1S/C11H14BrNS/c12-8-13-7-9-3-4-11-10(6-9)2-1-5-14-11/h3-4,6,13H,1-2,5,7-8H2. The molecule has 1 aliphatic heterocycles. The molecule has 0 aromatic heterocycles. The van der Waals surface area contributed by atoms with E-state index in [1.54, 1.807) is 0 Å². The number of aryl methyl sites for hydroxylation is 1. The smallest absolute Gasteiger partial charge is 0.0519 e. The molecule has 76 valence electrons. The van der Waals surface area contributed by atoms with E-state index in [1.165, 1.54) is 34.6 Å². The van der Waals surface area contributed by atoms with Crippen LogP contribution in [0.15, 0.2) is 23.1 Å². The lowest BCUT2D eigenvalue weighted by Crippen LogP contribution is -2.10. The Hall–Kier alpha value is 0.01000. The highest BCUT2D eigenvalue weighted by atomic mass is 79.9. The SMILES string of the molecule is BrCNCc1ccc2c(c1)CCCS2. The van der Waals surface area contributed by atoms with Gasteiger partial charge < -0.3 is 5.32 Å². The first-order chi connectivity index (χ1) is 6.90. The first-order valence-corrected chi connectivity index (χ1v) is 7.02. The predicted octanol–water partition coefficient (Wildman–Crippen LogP) is 3.17. The maximum Gasteiger partial charge on any atom is 0.0519 e. The maximum atomic E-state index is 3.37. The summed E-state index contributed by atoms with van der Waals surface area (Å²) in [5.41, 5.74) is 3.79. The van der Waals surface area contributed by atoms with E-state index in [-0.39, 0.29) is 0 Å². The van der Waals surface area contributed by atoms with E-state index < -0.39 is 0 Å². The van der Waals surface area contributed by atoms with Crippen LogP contribution < -0.4 is 5.32 Å². The van der Waals surface area contributed by atoms with Gasteiger partial charge in [-0.25, -0.2) is 0 Å². The van der Waals surface area contributed by atoms with Crippen molar-refractivity contribution < 1.29 is 0 Å². The molecule has 2 rings (SSSR count). The fourth-order valence-corrected chi connectivity index (χ4v) is 2.93. The van der Waals surface area contributed by atoms with Crippen molar-refractivity contribution in [2.45, 2.75) is 24.3 Å². The number of thioether (sulfide) groups is 1. The molecule has 0 fully saturated rings. The third-order valence-electron chi connectivity index (χ3n) is 2.40. The molecule has 0 unspecified atom stereocenters. The molecule has 0 atom stereocenters. The van der Waals surface area contributed by atoms with Crippen molar-refractivity contribution in [2.24, 2.45) is 0 Å². The summed E-state index contributed by atoms with van der Waals surface area (Å²) in [6.07, 6.45) is 2.58. The number of halogens is 1. The van der Waals surface area contributed by atoms with Gasteiger partial charge in [-0.05, 0) is 35.8 Å². The first-order valence-electron chi connectivity index (χ1n) is 4.91. The second kappa shape index (κ2) is 5.19. The molecule has 1 aliphatic rings. The summed E-state index contributed by atoms with van der Waals surface area (Å²) >= 11 is 5.36. The molecule has 0 saturated heterocycles. The minimum atomic E-state index is 0.860. The maximum absolute atomic E-state index is 3.37. The second-order valence-electron chi connectivity index (χ2n) is 3.45. The Morgan fingerprint density at radius 1 is 1.43 bits per heavy atom. The highest BCUT2D eigenvalue weighted by Gasteiger charge is 2.09. The summed E-state index contributed by atoms with van der Waals surface area (Å²) in [6, 6.07) is 6.84. The van der Waals surface area contributed by atoms with Crippen LogP contribution >= 0.6 is 27.7 Å². The summed E-state index contributed by atoms with van der Waals surface area (Å²) in [5.74, 6) is 1.28. The van der Waals surface area contributed by atoms with Gasteiger partial charge in [0.2, 0.25) is 0 Å². The van der Waals surface area contributed by atoms with Gasteiger partial charge in [-0.2, -0.15) is 0 Å². The van der Waals surface area contributed by atoms with Crippen LogP contribution in [0.2, 0.25) is 0 Å². The zero-order valence-electron chi connectivity index (χ0n) is 8.05. The Balaban J connectivity index is 2.12. The largest absolute Gasteiger partial charge is 0.303 e. The van der Waals surface area contributed by atoms with Crippen LogP contribution in [0.5, 0.6) is 0 Å². The molecule has 1 nitrogen and oxygen atoms in total. The molecule has 14 heavy (non-hydrogen) atoms. The minimum Gasteiger partial charge on any atom is -0.303 e. The van der Waals surface area contributed by atoms with Crippen LogP contribution in [-0.2, 0) is 13.0 Å². The molecule has 0 saturated carbocycles. The molecule has 0 spiro atoms. The van der Waals surface area contributed by atoms with Crippen LogP contribution in [0.1, 0.15) is 17.5 Å². The van der Waals surface area contributed by atoms with Crippen molar-refractivity contribution in [3.63, 3.8) is 0 Å². The number of alkyl halides is 1. The predicted molar refractivity (Wildman–Crippen MR) is 66.1 cm³/mol. The molecule has 1 aromatic rings. The molecule has 0 aliphatic carbocycles. The van der Waals surface area contributed by atoms with Gasteiger partial charge in [0.15, 0.2) is 0 Å². The summed E-state index contributed by atoms with van der Waals surface area (Å²) in [7, 11) is 0. The lowest BCUT2D eigenvalue weighted by Gasteiger charge is -2.16. The third-order valence-corrected chi connectivity index (χ3v) is 4.00. The number of hydrogen-bond donors (Lipinski definition) is 1. The van der Waals surface area contributed by atoms with E-state index in [4.69, 9.17) is 0 Å². The monoisotopic (exact) mass is 271 g/mol. The summed E-state index contributed by atoms with van der Waals surface area (Å²) in [6.45, 7) is 0.962. The van der Waals surface area contributed by atoms with Gasteiger partial charge in [0.05, 0.1) is 5.45 Å². The molecule has 1 aromatic carbocycles. The van der Waals surface area contributed by atoms with Crippen molar-refractivity contribution in [3.8, 4) is 0 Å². The third kappa shape index (κ3) is 2.53. The fraction of sp³-hybridized carbons (Fsp3) is 0.455. The van der Waals surface area contributed by atoms with Gasteiger partial charge in [0.25, 0.3) is 0 Å². The summed E-state index contributed by atoms with van der Waals surface area (Å²) in [5, 5.41) is 3.28. The average molecular weight is 272 g/mol. The highest BCUT2D eigenvalue weighted by molar-refractivity contribution is 9.09.